The van der Waals surface area contributed by atoms with Gasteiger partial charge in [0.15, 0.2) is 11.6 Å². The third kappa shape index (κ3) is 4.81. The summed E-state index contributed by atoms with van der Waals surface area (Å²) in [4.78, 5) is 13.6. The summed E-state index contributed by atoms with van der Waals surface area (Å²) in [5.41, 5.74) is 1.54. The molecule has 104 valence electrons. The van der Waals surface area contributed by atoms with E-state index in [0.29, 0.717) is 25.1 Å². The lowest BCUT2D eigenvalue weighted by molar-refractivity contribution is -0.130. The molecule has 0 radical (unpaired) electrons. The molecule has 19 heavy (non-hydrogen) atoms. The van der Waals surface area contributed by atoms with Crippen molar-refractivity contribution < 1.29 is 13.6 Å². The number of carbonyl (C=O) groups excluding carboxylic acids is 1. The van der Waals surface area contributed by atoms with Crippen LogP contribution in [0.5, 0.6) is 0 Å². The van der Waals surface area contributed by atoms with Gasteiger partial charge in [0.05, 0.1) is 0 Å². The van der Waals surface area contributed by atoms with Crippen molar-refractivity contribution in [1.82, 2.24) is 4.90 Å². The van der Waals surface area contributed by atoms with Crippen LogP contribution < -0.4 is 0 Å². The minimum absolute atomic E-state index is 0.00441. The molecular formula is C15H19F2NO. The second kappa shape index (κ2) is 7.02. The van der Waals surface area contributed by atoms with Gasteiger partial charge in [-0.2, -0.15) is 0 Å². The van der Waals surface area contributed by atoms with Gasteiger partial charge in [-0.15, -0.1) is 0 Å². The maximum atomic E-state index is 13.0. The first-order chi connectivity index (χ1) is 8.93. The number of halogens is 2. The minimum atomic E-state index is -0.876. The van der Waals surface area contributed by atoms with Gasteiger partial charge in [-0.3, -0.25) is 4.79 Å². The summed E-state index contributed by atoms with van der Waals surface area (Å²) in [7, 11) is 0. The molecule has 1 amide bonds. The molecule has 4 heteroatoms. The van der Waals surface area contributed by atoms with E-state index in [9.17, 15) is 13.6 Å². The predicted octanol–water partition coefficient (Wildman–Crippen LogP) is 3.32. The average Bonchev–Trinajstić information content (AvgIpc) is 2.36. The molecule has 0 aliphatic rings. The first-order valence-corrected chi connectivity index (χ1v) is 6.30. The largest absolute Gasteiger partial charge is 0.339 e. The Bertz CT molecular complexity index is 471. The van der Waals surface area contributed by atoms with Gasteiger partial charge < -0.3 is 4.90 Å². The predicted molar refractivity (Wildman–Crippen MR) is 71.7 cm³/mol. The van der Waals surface area contributed by atoms with E-state index in [1.165, 1.54) is 6.07 Å². The summed E-state index contributed by atoms with van der Waals surface area (Å²) in [6.07, 6.45) is 0.689. The van der Waals surface area contributed by atoms with Gasteiger partial charge in [-0.1, -0.05) is 18.2 Å². The molecule has 0 aliphatic carbocycles. The van der Waals surface area contributed by atoms with E-state index in [1.807, 2.05) is 13.8 Å². The number of benzene rings is 1. The Labute approximate surface area is 112 Å². The van der Waals surface area contributed by atoms with Gasteiger partial charge in [0, 0.05) is 19.5 Å². The number of likely N-dealkylation sites (N-methyl/N-ethyl adjacent to an activating group) is 1. The lowest BCUT2D eigenvalue weighted by Crippen LogP contribution is -2.32. The Morgan fingerprint density at radius 1 is 1.32 bits per heavy atom. The molecule has 0 spiro atoms. The molecule has 1 aromatic rings. The molecule has 2 nitrogen and oxygen atoms in total. The second-order valence-corrected chi connectivity index (χ2v) is 4.61. The summed E-state index contributed by atoms with van der Waals surface area (Å²) >= 11 is 0. The highest BCUT2D eigenvalue weighted by molar-refractivity contribution is 5.76. The van der Waals surface area contributed by atoms with Crippen LogP contribution in [0.25, 0.3) is 0 Å². The van der Waals surface area contributed by atoms with Crippen molar-refractivity contribution in [3.63, 3.8) is 0 Å². The Hall–Kier alpha value is -1.71. The molecule has 0 saturated heterocycles. The fraction of sp³-hybridized carbons (Fsp3) is 0.400. The summed E-state index contributed by atoms with van der Waals surface area (Å²) in [5, 5.41) is 0. The van der Waals surface area contributed by atoms with Crippen molar-refractivity contribution in [3.8, 4) is 0 Å². The van der Waals surface area contributed by atoms with Crippen molar-refractivity contribution in [2.24, 2.45) is 0 Å². The standard InChI is InChI=1S/C15H19F2NO/c1-4-18(10-11(2)3)15(19)8-6-12-5-7-13(16)14(17)9-12/h5,7,9H,2,4,6,8,10H2,1,3H3. The zero-order valence-corrected chi connectivity index (χ0v) is 11.4. The molecule has 0 atom stereocenters. The fourth-order valence-corrected chi connectivity index (χ4v) is 1.81. The first-order valence-electron chi connectivity index (χ1n) is 6.30. The van der Waals surface area contributed by atoms with E-state index in [1.54, 1.807) is 4.90 Å². The highest BCUT2D eigenvalue weighted by Crippen LogP contribution is 2.11. The summed E-state index contributed by atoms with van der Waals surface area (Å²) in [5.74, 6) is -1.75. The quantitative estimate of drug-likeness (QED) is 0.724. The molecule has 0 N–H and O–H groups in total. The molecule has 1 aromatic carbocycles. The number of nitrogens with zero attached hydrogens (tertiary/aromatic N) is 1. The summed E-state index contributed by atoms with van der Waals surface area (Å²) in [6.45, 7) is 8.70. The van der Waals surface area contributed by atoms with Crippen LogP contribution >= 0.6 is 0 Å². The van der Waals surface area contributed by atoms with Crippen LogP contribution in [0.3, 0.4) is 0 Å². The number of aryl methyl sites for hydroxylation is 1. The van der Waals surface area contributed by atoms with Gasteiger partial charge >= 0.3 is 0 Å². The fourth-order valence-electron chi connectivity index (χ4n) is 1.81. The second-order valence-electron chi connectivity index (χ2n) is 4.61. The highest BCUT2D eigenvalue weighted by atomic mass is 19.2. The summed E-state index contributed by atoms with van der Waals surface area (Å²) < 4.78 is 25.8. The Morgan fingerprint density at radius 2 is 2.00 bits per heavy atom. The number of carbonyl (C=O) groups is 1. The highest BCUT2D eigenvalue weighted by Gasteiger charge is 2.12. The number of amides is 1. The third-order valence-electron chi connectivity index (χ3n) is 2.81. The molecule has 0 saturated carbocycles. The van der Waals surface area contributed by atoms with Gasteiger partial charge in [-0.05, 0) is 38.0 Å². The van der Waals surface area contributed by atoms with Crippen LogP contribution in [0.1, 0.15) is 25.8 Å². The topological polar surface area (TPSA) is 20.3 Å². The van der Waals surface area contributed by atoms with E-state index in [-0.39, 0.29) is 12.3 Å². The Morgan fingerprint density at radius 3 is 2.53 bits per heavy atom. The van der Waals surface area contributed by atoms with Gasteiger partial charge in [0.25, 0.3) is 0 Å². The van der Waals surface area contributed by atoms with Crippen LogP contribution in [0.4, 0.5) is 8.78 Å². The first kappa shape index (κ1) is 15.3. The average molecular weight is 267 g/mol. The molecule has 0 unspecified atom stereocenters. The molecule has 0 heterocycles. The van der Waals surface area contributed by atoms with Gasteiger partial charge in [0.1, 0.15) is 0 Å². The van der Waals surface area contributed by atoms with Crippen molar-refractivity contribution in [1.29, 1.82) is 0 Å². The van der Waals surface area contributed by atoms with Gasteiger partial charge in [-0.25, -0.2) is 8.78 Å². The molecule has 0 aromatic heterocycles. The van der Waals surface area contributed by atoms with Crippen LogP contribution in [0, 0.1) is 11.6 Å². The van der Waals surface area contributed by atoms with Crippen molar-refractivity contribution >= 4 is 5.91 Å². The normalized spacial score (nSPS) is 10.3. The lowest BCUT2D eigenvalue weighted by atomic mass is 10.1. The van der Waals surface area contributed by atoms with E-state index >= 15 is 0 Å². The van der Waals surface area contributed by atoms with E-state index in [2.05, 4.69) is 6.58 Å². The Balaban J connectivity index is 2.57. The van der Waals surface area contributed by atoms with Gasteiger partial charge in [0.2, 0.25) is 5.91 Å². The molecule has 1 rings (SSSR count). The van der Waals surface area contributed by atoms with Crippen LogP contribution in [-0.2, 0) is 11.2 Å². The van der Waals surface area contributed by atoms with E-state index in [0.717, 1.165) is 17.7 Å². The van der Waals surface area contributed by atoms with Crippen molar-refractivity contribution in [2.45, 2.75) is 26.7 Å². The Kier molecular flexibility index (Phi) is 5.67. The lowest BCUT2D eigenvalue weighted by Gasteiger charge is -2.20. The molecule has 0 aliphatic heterocycles. The monoisotopic (exact) mass is 267 g/mol. The van der Waals surface area contributed by atoms with Crippen molar-refractivity contribution in [3.05, 3.63) is 47.5 Å². The summed E-state index contributed by atoms with van der Waals surface area (Å²) in [6, 6.07) is 3.72. The van der Waals surface area contributed by atoms with Crippen molar-refractivity contribution in [2.75, 3.05) is 13.1 Å². The van der Waals surface area contributed by atoms with Crippen LogP contribution in [-0.4, -0.2) is 23.9 Å². The maximum absolute atomic E-state index is 13.0. The minimum Gasteiger partial charge on any atom is -0.339 e. The third-order valence-corrected chi connectivity index (χ3v) is 2.81. The molecular weight excluding hydrogens is 248 g/mol. The smallest absolute Gasteiger partial charge is 0.223 e. The zero-order valence-electron chi connectivity index (χ0n) is 11.4. The maximum Gasteiger partial charge on any atom is 0.223 e. The number of hydrogen-bond acceptors (Lipinski definition) is 1. The number of rotatable bonds is 6. The van der Waals surface area contributed by atoms with E-state index in [4.69, 9.17) is 0 Å². The zero-order chi connectivity index (χ0) is 14.4. The number of hydrogen-bond donors (Lipinski definition) is 0. The SMILES string of the molecule is C=C(C)CN(CC)C(=O)CCc1ccc(F)c(F)c1. The van der Waals surface area contributed by atoms with Crippen LogP contribution in [0.2, 0.25) is 0 Å². The van der Waals surface area contributed by atoms with E-state index < -0.39 is 11.6 Å². The molecule has 0 bridgehead atoms. The van der Waals surface area contributed by atoms with Crippen LogP contribution in [0.15, 0.2) is 30.4 Å². The molecule has 0 fully saturated rings.